The van der Waals surface area contributed by atoms with Gasteiger partial charge in [0.25, 0.3) is 0 Å². The molecule has 0 aromatic heterocycles. The number of allylic oxidation sites excluding steroid dienone is 1. The van der Waals surface area contributed by atoms with Gasteiger partial charge in [0.15, 0.2) is 0 Å². The number of ether oxygens (including phenoxy) is 2. The van der Waals surface area contributed by atoms with Gasteiger partial charge in [-0.2, -0.15) is 5.26 Å². The highest BCUT2D eigenvalue weighted by Gasteiger charge is 2.12. The van der Waals surface area contributed by atoms with Crippen molar-refractivity contribution in [1.29, 1.82) is 5.26 Å². The zero-order chi connectivity index (χ0) is 20.8. The van der Waals surface area contributed by atoms with Crippen molar-refractivity contribution in [3.8, 4) is 17.6 Å². The van der Waals surface area contributed by atoms with Gasteiger partial charge in [-0.25, -0.2) is 0 Å². The van der Waals surface area contributed by atoms with E-state index in [1.54, 1.807) is 7.11 Å². The van der Waals surface area contributed by atoms with Crippen molar-refractivity contribution >= 4 is 55.1 Å². The molecule has 3 rings (SSSR count). The first-order valence-electron chi connectivity index (χ1n) is 8.62. The molecule has 0 fully saturated rings. The third-order valence-corrected chi connectivity index (χ3v) is 5.45. The minimum absolute atomic E-state index is 0.378. The molecule has 0 aliphatic carbocycles. The topological polar surface area (TPSA) is 42.2 Å². The molecule has 3 aromatic carbocycles. The van der Waals surface area contributed by atoms with Crippen LogP contribution in [-0.4, -0.2) is 7.11 Å². The molecule has 29 heavy (non-hydrogen) atoms. The smallest absolute Gasteiger partial charge is 0.141 e. The summed E-state index contributed by atoms with van der Waals surface area (Å²) in [5.74, 6) is 1.40. The monoisotopic (exact) mass is 531 g/mol. The lowest BCUT2D eigenvalue weighted by atomic mass is 10.0. The Bertz CT molecular complexity index is 1070. The van der Waals surface area contributed by atoms with Gasteiger partial charge in [-0.3, -0.25) is 0 Å². The zero-order valence-corrected chi connectivity index (χ0v) is 19.4. The quantitative estimate of drug-likeness (QED) is 0.243. The van der Waals surface area contributed by atoms with E-state index in [9.17, 15) is 5.26 Å². The van der Waals surface area contributed by atoms with Gasteiger partial charge in [-0.1, -0.05) is 39.7 Å². The maximum absolute atomic E-state index is 9.70. The summed E-state index contributed by atoms with van der Waals surface area (Å²) in [5.41, 5.74) is 3.10. The van der Waals surface area contributed by atoms with Gasteiger partial charge >= 0.3 is 0 Å². The average Bonchev–Trinajstić information content (AvgIpc) is 2.72. The average molecular weight is 534 g/mol. The van der Waals surface area contributed by atoms with Crippen LogP contribution in [0.15, 0.2) is 69.6 Å². The third-order valence-electron chi connectivity index (χ3n) is 4.15. The standard InChI is InChI=1S/C23H16Br2ClNO2/c1-28-21-8-4-16(5-9-21)18(13-27)10-17-11-19(24)12-22(25)23(17)29-14-15-2-6-20(26)7-3-15/h2-12H,14H2,1H3/b18-10+. The fourth-order valence-electron chi connectivity index (χ4n) is 2.68. The first-order valence-corrected chi connectivity index (χ1v) is 10.6. The molecule has 0 aliphatic heterocycles. The highest BCUT2D eigenvalue weighted by Crippen LogP contribution is 2.36. The summed E-state index contributed by atoms with van der Waals surface area (Å²) in [7, 11) is 1.61. The molecule has 3 aromatic rings. The lowest BCUT2D eigenvalue weighted by Gasteiger charge is -2.13. The minimum atomic E-state index is 0.378. The number of hydrogen-bond acceptors (Lipinski definition) is 3. The van der Waals surface area contributed by atoms with E-state index in [1.165, 1.54) is 0 Å². The molecule has 6 heteroatoms. The van der Waals surface area contributed by atoms with Crippen LogP contribution < -0.4 is 9.47 Å². The van der Waals surface area contributed by atoms with E-state index < -0.39 is 0 Å². The van der Waals surface area contributed by atoms with Crippen molar-refractivity contribution in [2.75, 3.05) is 7.11 Å². The van der Waals surface area contributed by atoms with Crippen LogP contribution in [-0.2, 0) is 6.61 Å². The first-order chi connectivity index (χ1) is 14.0. The van der Waals surface area contributed by atoms with Crippen molar-refractivity contribution in [1.82, 2.24) is 0 Å². The molecule has 0 aliphatic rings. The van der Waals surface area contributed by atoms with Gasteiger partial charge in [0.1, 0.15) is 18.1 Å². The number of hydrogen-bond donors (Lipinski definition) is 0. The van der Waals surface area contributed by atoms with Crippen LogP contribution in [0.5, 0.6) is 11.5 Å². The number of nitrogens with zero attached hydrogens (tertiary/aromatic N) is 1. The number of halogens is 3. The Balaban J connectivity index is 1.95. The van der Waals surface area contributed by atoms with E-state index in [4.69, 9.17) is 21.1 Å². The van der Waals surface area contributed by atoms with Crippen LogP contribution in [0.2, 0.25) is 5.02 Å². The van der Waals surface area contributed by atoms with Gasteiger partial charge < -0.3 is 9.47 Å². The molecule has 146 valence electrons. The van der Waals surface area contributed by atoms with Crippen LogP contribution in [0.3, 0.4) is 0 Å². The second kappa shape index (κ2) is 9.98. The van der Waals surface area contributed by atoms with Crippen molar-refractivity contribution in [3.63, 3.8) is 0 Å². The molecule has 0 bridgehead atoms. The summed E-state index contributed by atoms with van der Waals surface area (Å²) in [5, 5.41) is 10.4. The molecule has 0 amide bonds. The van der Waals surface area contributed by atoms with Gasteiger partial charge in [0.2, 0.25) is 0 Å². The molecule has 0 saturated carbocycles. The van der Waals surface area contributed by atoms with Gasteiger partial charge in [0, 0.05) is 15.1 Å². The second-order valence-electron chi connectivity index (χ2n) is 6.12. The summed E-state index contributed by atoms with van der Waals surface area (Å²) in [6.45, 7) is 0.378. The second-order valence-corrected chi connectivity index (χ2v) is 8.33. The van der Waals surface area contributed by atoms with E-state index in [0.29, 0.717) is 23.0 Å². The summed E-state index contributed by atoms with van der Waals surface area (Å²) < 4.78 is 12.9. The van der Waals surface area contributed by atoms with E-state index in [1.807, 2.05) is 66.7 Å². The molecule has 0 unspecified atom stereocenters. The fourth-order valence-corrected chi connectivity index (χ4v) is 4.18. The van der Waals surface area contributed by atoms with Crippen LogP contribution in [0.1, 0.15) is 16.7 Å². The van der Waals surface area contributed by atoms with Crippen LogP contribution in [0.25, 0.3) is 11.6 Å². The predicted molar refractivity (Wildman–Crippen MR) is 124 cm³/mol. The number of benzene rings is 3. The van der Waals surface area contributed by atoms with E-state index in [-0.39, 0.29) is 0 Å². The third kappa shape index (κ3) is 5.63. The summed E-state index contributed by atoms with van der Waals surface area (Å²) in [4.78, 5) is 0. The Hall–Kier alpha value is -2.26. The van der Waals surface area contributed by atoms with E-state index >= 15 is 0 Å². The Morgan fingerprint density at radius 3 is 2.38 bits per heavy atom. The lowest BCUT2D eigenvalue weighted by Crippen LogP contribution is -1.98. The predicted octanol–water partition coefficient (Wildman–Crippen LogP) is 7.52. The Labute approximate surface area is 191 Å². The summed E-state index contributed by atoms with van der Waals surface area (Å²) in [6, 6.07) is 21.0. The van der Waals surface area contributed by atoms with Crippen molar-refractivity contribution in [2.45, 2.75) is 6.61 Å². The lowest BCUT2D eigenvalue weighted by molar-refractivity contribution is 0.303. The molecule has 0 radical (unpaired) electrons. The Morgan fingerprint density at radius 1 is 1.07 bits per heavy atom. The van der Waals surface area contributed by atoms with Crippen LogP contribution in [0.4, 0.5) is 0 Å². The summed E-state index contributed by atoms with van der Waals surface area (Å²) in [6.07, 6.45) is 1.81. The number of rotatable bonds is 6. The van der Waals surface area contributed by atoms with Crippen LogP contribution >= 0.6 is 43.5 Å². The van der Waals surface area contributed by atoms with Gasteiger partial charge in [0.05, 0.1) is 23.2 Å². The normalized spacial score (nSPS) is 11.1. The maximum Gasteiger partial charge on any atom is 0.141 e. The molecular weight excluding hydrogens is 518 g/mol. The molecule has 0 saturated heterocycles. The molecular formula is C23H16Br2ClNO2. The molecule has 0 heterocycles. The fraction of sp³-hybridized carbons (Fsp3) is 0.0870. The SMILES string of the molecule is COc1ccc(/C(C#N)=C/c2cc(Br)cc(Br)c2OCc2ccc(Cl)cc2)cc1. The Kier molecular flexibility index (Phi) is 7.38. The molecule has 0 spiro atoms. The zero-order valence-electron chi connectivity index (χ0n) is 15.5. The first kappa shape index (κ1) is 21.4. The summed E-state index contributed by atoms with van der Waals surface area (Å²) >= 11 is 13.0. The molecule has 0 N–H and O–H groups in total. The largest absolute Gasteiger partial charge is 0.497 e. The highest BCUT2D eigenvalue weighted by atomic mass is 79.9. The van der Waals surface area contributed by atoms with Gasteiger partial charge in [-0.05, 0) is 81.7 Å². The van der Waals surface area contributed by atoms with E-state index in [2.05, 4.69) is 37.9 Å². The highest BCUT2D eigenvalue weighted by molar-refractivity contribution is 9.11. The minimum Gasteiger partial charge on any atom is -0.497 e. The van der Waals surface area contributed by atoms with Crippen molar-refractivity contribution < 1.29 is 9.47 Å². The van der Waals surface area contributed by atoms with Gasteiger partial charge in [-0.15, -0.1) is 0 Å². The van der Waals surface area contributed by atoms with Crippen molar-refractivity contribution in [3.05, 3.63) is 91.3 Å². The molecule has 3 nitrogen and oxygen atoms in total. The number of methoxy groups -OCH3 is 1. The number of nitriles is 1. The molecule has 0 atom stereocenters. The van der Waals surface area contributed by atoms with Crippen LogP contribution in [0, 0.1) is 11.3 Å². The Morgan fingerprint density at radius 2 is 1.76 bits per heavy atom. The van der Waals surface area contributed by atoms with E-state index in [0.717, 1.165) is 31.4 Å². The maximum atomic E-state index is 9.70. The van der Waals surface area contributed by atoms with Crippen molar-refractivity contribution in [2.24, 2.45) is 0 Å².